The maximum Gasteiger partial charge on any atom is 0.0630 e. The van der Waals surface area contributed by atoms with E-state index < -0.39 is 0 Å². The summed E-state index contributed by atoms with van der Waals surface area (Å²) in [4.78, 5) is 0. The predicted octanol–water partition coefficient (Wildman–Crippen LogP) is 1.56. The van der Waals surface area contributed by atoms with E-state index in [1.54, 1.807) is 0 Å². The zero-order valence-corrected chi connectivity index (χ0v) is 7.94. The van der Waals surface area contributed by atoms with Gasteiger partial charge in [-0.25, -0.2) is 0 Å². The zero-order valence-electron chi connectivity index (χ0n) is 7.94. The van der Waals surface area contributed by atoms with Crippen molar-refractivity contribution in [1.29, 1.82) is 0 Å². The van der Waals surface area contributed by atoms with Gasteiger partial charge in [-0.05, 0) is 38.8 Å². The molecule has 0 aromatic rings. The van der Waals surface area contributed by atoms with E-state index in [9.17, 15) is 0 Å². The summed E-state index contributed by atoms with van der Waals surface area (Å²) in [6.45, 7) is 5.64. The van der Waals surface area contributed by atoms with Crippen LogP contribution in [0.2, 0.25) is 0 Å². The minimum atomic E-state index is 0.555. The van der Waals surface area contributed by atoms with Crippen molar-refractivity contribution in [3.05, 3.63) is 0 Å². The monoisotopic (exact) mass is 169 g/mol. The standard InChI is InChI=1S/C10H19NO/c1-2-9-10(5-8-12-9)3-6-11-7-4-10/h9,11H,2-8H2,1H3. The second-order valence-electron chi connectivity index (χ2n) is 4.13. The first-order valence-electron chi connectivity index (χ1n) is 5.20. The number of ether oxygens (including phenoxy) is 1. The minimum absolute atomic E-state index is 0.555. The van der Waals surface area contributed by atoms with Crippen LogP contribution in [0.1, 0.15) is 32.6 Å². The molecule has 0 saturated carbocycles. The van der Waals surface area contributed by atoms with E-state index in [4.69, 9.17) is 4.74 Å². The van der Waals surface area contributed by atoms with E-state index >= 15 is 0 Å². The first kappa shape index (κ1) is 8.52. The number of hydrogen-bond donors (Lipinski definition) is 1. The highest BCUT2D eigenvalue weighted by atomic mass is 16.5. The number of piperidine rings is 1. The molecule has 2 aliphatic rings. The van der Waals surface area contributed by atoms with Crippen LogP contribution in [0.25, 0.3) is 0 Å². The fourth-order valence-electron chi connectivity index (χ4n) is 2.79. The van der Waals surface area contributed by atoms with Crippen LogP contribution < -0.4 is 5.32 Å². The van der Waals surface area contributed by atoms with Crippen molar-refractivity contribution in [1.82, 2.24) is 5.32 Å². The molecule has 2 heteroatoms. The van der Waals surface area contributed by atoms with Gasteiger partial charge in [0, 0.05) is 12.0 Å². The third-order valence-corrected chi connectivity index (χ3v) is 3.57. The van der Waals surface area contributed by atoms with Crippen LogP contribution >= 0.6 is 0 Å². The first-order valence-corrected chi connectivity index (χ1v) is 5.20. The highest BCUT2D eigenvalue weighted by molar-refractivity contribution is 4.94. The molecule has 0 amide bonds. The molecule has 0 radical (unpaired) electrons. The zero-order chi connectivity index (χ0) is 8.44. The Bertz CT molecular complexity index is 152. The molecule has 0 bridgehead atoms. The molecule has 1 unspecified atom stereocenters. The number of nitrogens with one attached hydrogen (secondary N) is 1. The maximum absolute atomic E-state index is 5.77. The molecule has 1 N–H and O–H groups in total. The summed E-state index contributed by atoms with van der Waals surface area (Å²) in [5.74, 6) is 0. The van der Waals surface area contributed by atoms with Gasteiger partial charge in [0.1, 0.15) is 0 Å². The van der Waals surface area contributed by atoms with E-state index in [1.165, 1.54) is 38.8 Å². The third kappa shape index (κ3) is 1.27. The summed E-state index contributed by atoms with van der Waals surface area (Å²) in [6.07, 6.45) is 5.70. The summed E-state index contributed by atoms with van der Waals surface area (Å²) in [5, 5.41) is 3.42. The van der Waals surface area contributed by atoms with Crippen molar-refractivity contribution in [2.24, 2.45) is 5.41 Å². The van der Waals surface area contributed by atoms with Gasteiger partial charge < -0.3 is 10.1 Å². The van der Waals surface area contributed by atoms with Crippen LogP contribution in [0.3, 0.4) is 0 Å². The van der Waals surface area contributed by atoms with Crippen LogP contribution in [-0.4, -0.2) is 25.8 Å². The van der Waals surface area contributed by atoms with Crippen LogP contribution in [0.5, 0.6) is 0 Å². The fourth-order valence-corrected chi connectivity index (χ4v) is 2.79. The quantitative estimate of drug-likeness (QED) is 0.643. The highest BCUT2D eigenvalue weighted by Crippen LogP contribution is 2.43. The molecule has 0 aromatic carbocycles. The van der Waals surface area contributed by atoms with Gasteiger partial charge in [-0.1, -0.05) is 6.92 Å². The molecule has 2 rings (SSSR count). The van der Waals surface area contributed by atoms with Crippen LogP contribution in [0.15, 0.2) is 0 Å². The Kier molecular flexibility index (Phi) is 2.37. The van der Waals surface area contributed by atoms with Gasteiger partial charge in [-0.3, -0.25) is 0 Å². The summed E-state index contributed by atoms with van der Waals surface area (Å²) in [7, 11) is 0. The fraction of sp³-hybridized carbons (Fsp3) is 1.00. The van der Waals surface area contributed by atoms with E-state index in [2.05, 4.69) is 12.2 Å². The Morgan fingerprint density at radius 1 is 1.33 bits per heavy atom. The van der Waals surface area contributed by atoms with Crippen LogP contribution in [-0.2, 0) is 4.74 Å². The SMILES string of the molecule is CCC1OCCC12CCNCC2. The number of rotatable bonds is 1. The topological polar surface area (TPSA) is 21.3 Å². The lowest BCUT2D eigenvalue weighted by atomic mass is 9.73. The smallest absolute Gasteiger partial charge is 0.0630 e. The summed E-state index contributed by atoms with van der Waals surface area (Å²) >= 11 is 0. The summed E-state index contributed by atoms with van der Waals surface area (Å²) in [5.41, 5.74) is 0.556. The van der Waals surface area contributed by atoms with Gasteiger partial charge in [0.15, 0.2) is 0 Å². The second kappa shape index (κ2) is 3.35. The Morgan fingerprint density at radius 3 is 2.75 bits per heavy atom. The highest BCUT2D eigenvalue weighted by Gasteiger charge is 2.43. The lowest BCUT2D eigenvalue weighted by Crippen LogP contribution is -2.41. The van der Waals surface area contributed by atoms with Gasteiger partial charge in [-0.15, -0.1) is 0 Å². The summed E-state index contributed by atoms with van der Waals surface area (Å²) < 4.78 is 5.77. The lowest BCUT2D eigenvalue weighted by Gasteiger charge is -2.37. The molecule has 1 atom stereocenters. The molecular weight excluding hydrogens is 150 g/mol. The molecule has 2 aliphatic heterocycles. The van der Waals surface area contributed by atoms with Gasteiger partial charge >= 0.3 is 0 Å². The van der Waals surface area contributed by atoms with E-state index in [0.29, 0.717) is 11.5 Å². The largest absolute Gasteiger partial charge is 0.378 e. The molecule has 2 fully saturated rings. The first-order chi connectivity index (χ1) is 5.87. The molecule has 0 aliphatic carbocycles. The van der Waals surface area contributed by atoms with Gasteiger partial charge in [0.25, 0.3) is 0 Å². The number of hydrogen-bond acceptors (Lipinski definition) is 2. The van der Waals surface area contributed by atoms with Gasteiger partial charge in [0.05, 0.1) is 6.10 Å². The van der Waals surface area contributed by atoms with Crippen molar-refractivity contribution in [3.8, 4) is 0 Å². The molecule has 2 saturated heterocycles. The average molecular weight is 169 g/mol. The lowest BCUT2D eigenvalue weighted by molar-refractivity contribution is 0.0294. The molecule has 2 heterocycles. The second-order valence-corrected chi connectivity index (χ2v) is 4.13. The third-order valence-electron chi connectivity index (χ3n) is 3.57. The van der Waals surface area contributed by atoms with Gasteiger partial charge in [-0.2, -0.15) is 0 Å². The van der Waals surface area contributed by atoms with Crippen LogP contribution in [0.4, 0.5) is 0 Å². The van der Waals surface area contributed by atoms with Crippen molar-refractivity contribution in [2.45, 2.75) is 38.7 Å². The van der Waals surface area contributed by atoms with Crippen molar-refractivity contribution < 1.29 is 4.74 Å². The minimum Gasteiger partial charge on any atom is -0.378 e. The Hall–Kier alpha value is -0.0800. The predicted molar refractivity (Wildman–Crippen MR) is 49.2 cm³/mol. The van der Waals surface area contributed by atoms with E-state index in [0.717, 1.165) is 6.61 Å². The Morgan fingerprint density at radius 2 is 2.08 bits per heavy atom. The molecule has 0 aromatic heterocycles. The van der Waals surface area contributed by atoms with Crippen molar-refractivity contribution >= 4 is 0 Å². The normalized spacial score (nSPS) is 34.2. The van der Waals surface area contributed by atoms with Crippen LogP contribution in [0, 0.1) is 5.41 Å². The maximum atomic E-state index is 5.77. The molecule has 70 valence electrons. The van der Waals surface area contributed by atoms with Crippen molar-refractivity contribution in [3.63, 3.8) is 0 Å². The molecule has 1 spiro atoms. The molecule has 12 heavy (non-hydrogen) atoms. The Balaban J connectivity index is 2.05. The van der Waals surface area contributed by atoms with Crippen molar-refractivity contribution in [2.75, 3.05) is 19.7 Å². The van der Waals surface area contributed by atoms with E-state index in [-0.39, 0.29) is 0 Å². The summed E-state index contributed by atoms with van der Waals surface area (Å²) in [6, 6.07) is 0. The van der Waals surface area contributed by atoms with Gasteiger partial charge in [0.2, 0.25) is 0 Å². The Labute approximate surface area is 74.7 Å². The average Bonchev–Trinajstić information content (AvgIpc) is 2.49. The molecule has 2 nitrogen and oxygen atoms in total. The van der Waals surface area contributed by atoms with E-state index in [1.807, 2.05) is 0 Å². The molecular formula is C10H19NO.